The Kier molecular flexibility index (Phi) is 3.16. The van der Waals surface area contributed by atoms with Gasteiger partial charge in [0.15, 0.2) is 0 Å². The first-order valence-corrected chi connectivity index (χ1v) is 5.89. The molecule has 0 aromatic heterocycles. The normalized spacial score (nSPS) is 20.9. The lowest BCUT2D eigenvalue weighted by molar-refractivity contribution is -0.120. The number of carbonyl (C=O) groups excluding carboxylic acids is 1. The van der Waals surface area contributed by atoms with Gasteiger partial charge in [-0.05, 0) is 17.7 Å². The van der Waals surface area contributed by atoms with Gasteiger partial charge in [0.25, 0.3) is 0 Å². The molecule has 1 N–H and O–H groups in total. The summed E-state index contributed by atoms with van der Waals surface area (Å²) in [5.74, 6) is 1.86. The molecule has 1 heterocycles. The van der Waals surface area contributed by atoms with Crippen molar-refractivity contribution in [2.24, 2.45) is 0 Å². The smallest absolute Gasteiger partial charge is 0.237 e. The monoisotopic (exact) mass is 223 g/mol. The van der Waals surface area contributed by atoms with E-state index in [4.69, 9.17) is 4.74 Å². The van der Waals surface area contributed by atoms with Crippen molar-refractivity contribution in [2.75, 3.05) is 19.4 Å². The van der Waals surface area contributed by atoms with Crippen LogP contribution in [0.15, 0.2) is 24.3 Å². The average molecular weight is 223 g/mol. The lowest BCUT2D eigenvalue weighted by Crippen LogP contribution is -2.34. The number of ether oxygens (including phenoxy) is 1. The number of amides is 1. The van der Waals surface area contributed by atoms with Crippen LogP contribution in [0.25, 0.3) is 0 Å². The van der Waals surface area contributed by atoms with Crippen molar-refractivity contribution in [1.82, 2.24) is 5.32 Å². The molecule has 15 heavy (non-hydrogen) atoms. The van der Waals surface area contributed by atoms with Crippen LogP contribution in [0, 0.1) is 0 Å². The van der Waals surface area contributed by atoms with Crippen LogP contribution in [0.4, 0.5) is 0 Å². The zero-order valence-electron chi connectivity index (χ0n) is 8.53. The molecule has 1 aliphatic rings. The lowest BCUT2D eigenvalue weighted by atomic mass is 10.1. The van der Waals surface area contributed by atoms with E-state index in [2.05, 4.69) is 5.32 Å². The van der Waals surface area contributed by atoms with E-state index in [0.29, 0.717) is 0 Å². The highest BCUT2D eigenvalue weighted by atomic mass is 32.2. The Labute approximate surface area is 93.2 Å². The molecule has 1 aromatic rings. The van der Waals surface area contributed by atoms with Crippen molar-refractivity contribution < 1.29 is 9.53 Å². The molecule has 80 valence electrons. The molecule has 4 heteroatoms. The first kappa shape index (κ1) is 10.4. The van der Waals surface area contributed by atoms with Crippen molar-refractivity contribution in [3.63, 3.8) is 0 Å². The van der Waals surface area contributed by atoms with Crippen molar-refractivity contribution in [2.45, 2.75) is 5.25 Å². The summed E-state index contributed by atoms with van der Waals surface area (Å²) >= 11 is 1.68. The maximum atomic E-state index is 11.6. The van der Waals surface area contributed by atoms with Crippen LogP contribution in [-0.2, 0) is 4.79 Å². The van der Waals surface area contributed by atoms with E-state index in [9.17, 15) is 4.79 Å². The van der Waals surface area contributed by atoms with Crippen LogP contribution in [0.3, 0.4) is 0 Å². The summed E-state index contributed by atoms with van der Waals surface area (Å²) < 4.78 is 5.14. The molecule has 0 spiro atoms. The summed E-state index contributed by atoms with van der Waals surface area (Å²) in [6.45, 7) is 0.768. The molecular formula is C11H13NO2S. The van der Waals surface area contributed by atoms with Crippen LogP contribution >= 0.6 is 11.8 Å². The van der Waals surface area contributed by atoms with Gasteiger partial charge in [0, 0.05) is 12.3 Å². The number of rotatable bonds is 2. The number of thioether (sulfide) groups is 1. The van der Waals surface area contributed by atoms with Crippen LogP contribution < -0.4 is 10.1 Å². The molecule has 0 unspecified atom stereocenters. The van der Waals surface area contributed by atoms with Gasteiger partial charge in [-0.1, -0.05) is 12.1 Å². The van der Waals surface area contributed by atoms with Crippen LogP contribution in [0.1, 0.15) is 10.8 Å². The second-order valence-corrected chi connectivity index (χ2v) is 4.53. The third kappa shape index (κ3) is 2.26. The minimum Gasteiger partial charge on any atom is -0.497 e. The molecule has 0 bridgehead atoms. The van der Waals surface area contributed by atoms with Crippen molar-refractivity contribution in [1.29, 1.82) is 0 Å². The molecule has 0 aliphatic carbocycles. The first-order chi connectivity index (χ1) is 7.31. The fourth-order valence-electron chi connectivity index (χ4n) is 1.57. The van der Waals surface area contributed by atoms with Crippen LogP contribution in [0.5, 0.6) is 5.75 Å². The van der Waals surface area contributed by atoms with Crippen molar-refractivity contribution >= 4 is 17.7 Å². The van der Waals surface area contributed by atoms with Gasteiger partial charge in [0.05, 0.1) is 7.11 Å². The summed E-state index contributed by atoms with van der Waals surface area (Å²) in [7, 11) is 1.63. The van der Waals surface area contributed by atoms with E-state index in [-0.39, 0.29) is 11.2 Å². The Morgan fingerprint density at radius 2 is 2.40 bits per heavy atom. The molecule has 2 rings (SSSR count). The SMILES string of the molecule is COc1cccc([C@@H]2SCCNC2=O)c1. The van der Waals surface area contributed by atoms with Crippen molar-refractivity contribution in [3.05, 3.63) is 29.8 Å². The van der Waals surface area contributed by atoms with E-state index in [1.807, 2.05) is 24.3 Å². The average Bonchev–Trinajstić information content (AvgIpc) is 2.30. The highest BCUT2D eigenvalue weighted by Gasteiger charge is 2.24. The highest BCUT2D eigenvalue weighted by Crippen LogP contribution is 2.32. The maximum absolute atomic E-state index is 11.6. The number of benzene rings is 1. The second kappa shape index (κ2) is 4.57. The Balaban J connectivity index is 2.23. The number of hydrogen-bond acceptors (Lipinski definition) is 3. The van der Waals surface area contributed by atoms with Gasteiger partial charge in [-0.2, -0.15) is 0 Å². The van der Waals surface area contributed by atoms with Gasteiger partial charge < -0.3 is 10.1 Å². The number of methoxy groups -OCH3 is 1. The largest absolute Gasteiger partial charge is 0.497 e. The predicted molar refractivity (Wildman–Crippen MR) is 61.2 cm³/mol. The van der Waals surface area contributed by atoms with Gasteiger partial charge in [0.2, 0.25) is 5.91 Å². The molecule has 1 amide bonds. The minimum atomic E-state index is -0.0890. The highest BCUT2D eigenvalue weighted by molar-refractivity contribution is 8.00. The van der Waals surface area contributed by atoms with Gasteiger partial charge in [-0.3, -0.25) is 4.79 Å². The zero-order chi connectivity index (χ0) is 10.7. The van der Waals surface area contributed by atoms with Gasteiger partial charge in [-0.25, -0.2) is 0 Å². The van der Waals surface area contributed by atoms with Crippen molar-refractivity contribution in [3.8, 4) is 5.75 Å². The third-order valence-electron chi connectivity index (χ3n) is 2.32. The molecule has 1 aliphatic heterocycles. The van der Waals surface area contributed by atoms with E-state index < -0.39 is 0 Å². The Morgan fingerprint density at radius 3 is 3.13 bits per heavy atom. The number of carbonyl (C=O) groups is 1. The van der Waals surface area contributed by atoms with E-state index in [1.54, 1.807) is 18.9 Å². The van der Waals surface area contributed by atoms with E-state index >= 15 is 0 Å². The van der Waals surface area contributed by atoms with Gasteiger partial charge >= 0.3 is 0 Å². The molecule has 1 aromatic carbocycles. The van der Waals surface area contributed by atoms with E-state index in [0.717, 1.165) is 23.6 Å². The summed E-state index contributed by atoms with van der Waals surface area (Å²) in [4.78, 5) is 11.6. The van der Waals surface area contributed by atoms with E-state index in [1.165, 1.54) is 0 Å². The quantitative estimate of drug-likeness (QED) is 0.827. The summed E-state index contributed by atoms with van der Waals surface area (Å²) in [5.41, 5.74) is 1.01. The summed E-state index contributed by atoms with van der Waals surface area (Å²) in [5, 5.41) is 2.78. The fourth-order valence-corrected chi connectivity index (χ4v) is 2.60. The molecule has 1 fully saturated rings. The van der Waals surface area contributed by atoms with Gasteiger partial charge in [-0.15, -0.1) is 11.8 Å². The standard InChI is InChI=1S/C11H13NO2S/c1-14-9-4-2-3-8(7-9)10-11(13)12-5-6-15-10/h2-4,7,10H,5-6H2,1H3,(H,12,13)/t10-/m0/s1. The maximum Gasteiger partial charge on any atom is 0.237 e. The molecule has 0 radical (unpaired) electrons. The van der Waals surface area contributed by atoms with Gasteiger partial charge in [0.1, 0.15) is 11.0 Å². The predicted octanol–water partition coefficient (Wildman–Crippen LogP) is 1.60. The molecule has 1 saturated heterocycles. The zero-order valence-corrected chi connectivity index (χ0v) is 9.34. The second-order valence-electron chi connectivity index (χ2n) is 3.32. The summed E-state index contributed by atoms with van der Waals surface area (Å²) in [6.07, 6.45) is 0. The number of nitrogens with one attached hydrogen (secondary N) is 1. The Morgan fingerprint density at radius 1 is 1.53 bits per heavy atom. The lowest BCUT2D eigenvalue weighted by Gasteiger charge is -2.21. The molecule has 1 atom stereocenters. The Bertz CT molecular complexity index is 367. The molecule has 0 saturated carbocycles. The third-order valence-corrected chi connectivity index (χ3v) is 3.58. The minimum absolute atomic E-state index is 0.0890. The van der Waals surface area contributed by atoms with Crippen LogP contribution in [0.2, 0.25) is 0 Å². The molecular weight excluding hydrogens is 210 g/mol. The van der Waals surface area contributed by atoms with Crippen LogP contribution in [-0.4, -0.2) is 25.3 Å². The summed E-state index contributed by atoms with van der Waals surface area (Å²) in [6, 6.07) is 7.68. The first-order valence-electron chi connectivity index (χ1n) is 4.84. The fraction of sp³-hybridized carbons (Fsp3) is 0.364. The molecule has 3 nitrogen and oxygen atoms in total. The Hall–Kier alpha value is -1.16. The number of hydrogen-bond donors (Lipinski definition) is 1. The topological polar surface area (TPSA) is 38.3 Å².